The number of benzene rings is 2. The topological polar surface area (TPSA) is 75.3 Å². The van der Waals surface area contributed by atoms with Gasteiger partial charge in [-0.05, 0) is 31.2 Å². The Morgan fingerprint density at radius 3 is 2.42 bits per heavy atom. The first-order chi connectivity index (χ1) is 11.4. The normalized spacial score (nSPS) is 11.1. The minimum absolute atomic E-state index is 0.00949. The molecule has 0 unspecified atom stereocenters. The van der Waals surface area contributed by atoms with E-state index in [1.807, 2.05) is 0 Å². The Balaban J connectivity index is 2.47. The van der Waals surface area contributed by atoms with Crippen molar-refractivity contribution in [2.45, 2.75) is 16.7 Å². The Labute approximate surface area is 150 Å². The SMILES string of the molecule is CCNC(=O)CNc1cc(Cl)cc(Cl)c1S(=O)(=O)c1ccccc1. The fourth-order valence-corrected chi connectivity index (χ4v) is 4.40. The smallest absolute Gasteiger partial charge is 0.239 e. The van der Waals surface area contributed by atoms with Crippen LogP contribution in [0.1, 0.15) is 6.92 Å². The van der Waals surface area contributed by atoms with E-state index >= 15 is 0 Å². The van der Waals surface area contributed by atoms with Gasteiger partial charge in [-0.1, -0.05) is 41.4 Å². The van der Waals surface area contributed by atoms with E-state index in [0.717, 1.165) is 0 Å². The molecule has 0 aliphatic rings. The number of hydrogen-bond acceptors (Lipinski definition) is 4. The van der Waals surface area contributed by atoms with Gasteiger partial charge in [-0.2, -0.15) is 0 Å². The summed E-state index contributed by atoms with van der Waals surface area (Å²) in [5.41, 5.74) is 0.183. The molecule has 2 aromatic carbocycles. The second-order valence-corrected chi connectivity index (χ2v) is 7.62. The molecule has 0 radical (unpaired) electrons. The number of sulfone groups is 1. The highest BCUT2D eigenvalue weighted by molar-refractivity contribution is 7.91. The molecular weight excluding hydrogens is 371 g/mol. The molecule has 0 bridgehead atoms. The average Bonchev–Trinajstić information content (AvgIpc) is 2.53. The van der Waals surface area contributed by atoms with Gasteiger partial charge in [0, 0.05) is 11.6 Å². The molecule has 128 valence electrons. The van der Waals surface area contributed by atoms with Crippen LogP contribution in [0.15, 0.2) is 52.3 Å². The lowest BCUT2D eigenvalue weighted by Crippen LogP contribution is -2.29. The maximum atomic E-state index is 12.9. The molecule has 5 nitrogen and oxygen atoms in total. The van der Waals surface area contributed by atoms with Crippen molar-refractivity contribution in [2.24, 2.45) is 0 Å². The summed E-state index contributed by atoms with van der Waals surface area (Å²) in [6.07, 6.45) is 0. The zero-order valence-corrected chi connectivity index (χ0v) is 15.2. The molecule has 0 spiro atoms. The lowest BCUT2D eigenvalue weighted by atomic mass is 10.3. The Kier molecular flexibility index (Phi) is 6.10. The van der Waals surface area contributed by atoms with Crippen LogP contribution >= 0.6 is 23.2 Å². The number of nitrogens with one attached hydrogen (secondary N) is 2. The molecule has 0 aliphatic carbocycles. The lowest BCUT2D eigenvalue weighted by Gasteiger charge is -2.15. The number of anilines is 1. The van der Waals surface area contributed by atoms with Crippen molar-refractivity contribution in [3.05, 3.63) is 52.5 Å². The highest BCUT2D eigenvalue weighted by Crippen LogP contribution is 2.36. The first-order valence-electron chi connectivity index (χ1n) is 7.16. The highest BCUT2D eigenvalue weighted by atomic mass is 35.5. The third kappa shape index (κ3) is 4.20. The standard InChI is InChI=1S/C16H16Cl2N2O3S/c1-2-19-15(21)10-20-14-9-11(17)8-13(18)16(14)24(22,23)12-6-4-3-5-7-12/h3-9,20H,2,10H2,1H3,(H,19,21). The van der Waals surface area contributed by atoms with Gasteiger partial charge in [-0.25, -0.2) is 8.42 Å². The summed E-state index contributed by atoms with van der Waals surface area (Å²) in [5, 5.41) is 5.67. The number of amides is 1. The Hall–Kier alpha value is -1.76. The molecule has 0 aliphatic heterocycles. The molecule has 0 saturated heterocycles. The first kappa shape index (κ1) is 18.6. The molecular formula is C16H16Cl2N2O3S. The third-order valence-electron chi connectivity index (χ3n) is 3.14. The van der Waals surface area contributed by atoms with Crippen LogP contribution in [-0.2, 0) is 14.6 Å². The average molecular weight is 387 g/mol. The molecule has 24 heavy (non-hydrogen) atoms. The van der Waals surface area contributed by atoms with E-state index < -0.39 is 9.84 Å². The zero-order valence-electron chi connectivity index (χ0n) is 12.8. The maximum absolute atomic E-state index is 12.9. The van der Waals surface area contributed by atoms with Gasteiger partial charge in [-0.3, -0.25) is 4.79 Å². The largest absolute Gasteiger partial charge is 0.375 e. The summed E-state index contributed by atoms with van der Waals surface area (Å²) in [5.74, 6) is -0.267. The summed E-state index contributed by atoms with van der Waals surface area (Å²) < 4.78 is 25.8. The van der Waals surface area contributed by atoms with Crippen LogP contribution in [0.2, 0.25) is 10.0 Å². The fraction of sp³-hybridized carbons (Fsp3) is 0.188. The van der Waals surface area contributed by atoms with E-state index in [4.69, 9.17) is 23.2 Å². The van der Waals surface area contributed by atoms with Gasteiger partial charge in [0.1, 0.15) is 4.90 Å². The Bertz CT molecular complexity index is 840. The van der Waals surface area contributed by atoms with Gasteiger partial charge in [-0.15, -0.1) is 0 Å². The van der Waals surface area contributed by atoms with Gasteiger partial charge in [0.15, 0.2) is 0 Å². The second-order valence-electron chi connectivity index (χ2n) is 4.89. The fourth-order valence-electron chi connectivity index (χ4n) is 2.12. The molecule has 2 aromatic rings. The summed E-state index contributed by atoms with van der Waals surface area (Å²) in [4.78, 5) is 11.6. The molecule has 2 rings (SSSR count). The minimum atomic E-state index is -3.86. The van der Waals surface area contributed by atoms with Gasteiger partial charge in [0.05, 0.1) is 22.2 Å². The molecule has 0 saturated carbocycles. The number of carbonyl (C=O) groups excluding carboxylic acids is 1. The van der Waals surface area contributed by atoms with Crippen LogP contribution in [0.3, 0.4) is 0 Å². The zero-order chi connectivity index (χ0) is 17.7. The van der Waals surface area contributed by atoms with E-state index in [2.05, 4.69) is 10.6 Å². The molecule has 2 N–H and O–H groups in total. The summed E-state index contributed by atoms with van der Waals surface area (Å²) >= 11 is 12.1. The van der Waals surface area contributed by atoms with Gasteiger partial charge < -0.3 is 10.6 Å². The van der Waals surface area contributed by atoms with Crippen LogP contribution in [0.4, 0.5) is 5.69 Å². The minimum Gasteiger partial charge on any atom is -0.375 e. The van der Waals surface area contributed by atoms with Crippen LogP contribution in [0.25, 0.3) is 0 Å². The molecule has 0 atom stereocenters. The van der Waals surface area contributed by atoms with Crippen LogP contribution in [-0.4, -0.2) is 27.4 Å². The molecule has 0 heterocycles. The van der Waals surface area contributed by atoms with Crippen LogP contribution < -0.4 is 10.6 Å². The number of carbonyl (C=O) groups is 1. The molecule has 1 amide bonds. The predicted molar refractivity (Wildman–Crippen MR) is 95.5 cm³/mol. The van der Waals surface area contributed by atoms with Crippen molar-refractivity contribution in [1.29, 1.82) is 0 Å². The van der Waals surface area contributed by atoms with E-state index in [1.165, 1.54) is 24.3 Å². The monoisotopic (exact) mass is 386 g/mol. The maximum Gasteiger partial charge on any atom is 0.239 e. The van der Waals surface area contributed by atoms with Gasteiger partial charge in [0.2, 0.25) is 15.7 Å². The number of rotatable bonds is 6. The third-order valence-corrected chi connectivity index (χ3v) is 5.64. The Morgan fingerprint density at radius 1 is 1.12 bits per heavy atom. The van der Waals surface area contributed by atoms with E-state index in [1.54, 1.807) is 25.1 Å². The summed E-state index contributed by atoms with van der Waals surface area (Å²) in [6, 6.07) is 10.7. The van der Waals surface area contributed by atoms with Crippen LogP contribution in [0, 0.1) is 0 Å². The lowest BCUT2D eigenvalue weighted by molar-refractivity contribution is -0.119. The molecule has 8 heteroatoms. The van der Waals surface area contributed by atoms with Crippen molar-refractivity contribution in [3.8, 4) is 0 Å². The highest BCUT2D eigenvalue weighted by Gasteiger charge is 2.25. The molecule has 0 aromatic heterocycles. The van der Waals surface area contributed by atoms with Gasteiger partial charge in [0.25, 0.3) is 0 Å². The number of likely N-dealkylation sites (N-methyl/N-ethyl adjacent to an activating group) is 1. The second kappa shape index (κ2) is 7.88. The van der Waals surface area contributed by atoms with Crippen molar-refractivity contribution in [2.75, 3.05) is 18.4 Å². The predicted octanol–water partition coefficient (Wildman–Crippen LogP) is 3.37. The van der Waals surface area contributed by atoms with Crippen molar-refractivity contribution >= 4 is 44.6 Å². The van der Waals surface area contributed by atoms with Crippen molar-refractivity contribution in [3.63, 3.8) is 0 Å². The summed E-state index contributed by atoms with van der Waals surface area (Å²) in [7, 11) is -3.86. The van der Waals surface area contributed by atoms with E-state index in [0.29, 0.717) is 6.54 Å². The van der Waals surface area contributed by atoms with Gasteiger partial charge >= 0.3 is 0 Å². The Morgan fingerprint density at radius 2 is 1.79 bits per heavy atom. The van der Waals surface area contributed by atoms with E-state index in [9.17, 15) is 13.2 Å². The van der Waals surface area contributed by atoms with Crippen molar-refractivity contribution in [1.82, 2.24) is 5.32 Å². The van der Waals surface area contributed by atoms with E-state index in [-0.39, 0.29) is 38.0 Å². The quantitative estimate of drug-likeness (QED) is 0.797. The summed E-state index contributed by atoms with van der Waals surface area (Å²) in [6.45, 7) is 2.17. The first-order valence-corrected chi connectivity index (χ1v) is 9.40. The number of halogens is 2. The molecule has 0 fully saturated rings. The van der Waals surface area contributed by atoms with Crippen molar-refractivity contribution < 1.29 is 13.2 Å². The number of hydrogen-bond donors (Lipinski definition) is 2. The van der Waals surface area contributed by atoms with Crippen LogP contribution in [0.5, 0.6) is 0 Å².